The second-order valence-electron chi connectivity index (χ2n) is 2.61. The van der Waals surface area contributed by atoms with Crippen LogP contribution in [-0.4, -0.2) is 5.60 Å². The van der Waals surface area contributed by atoms with Crippen LogP contribution in [0, 0.1) is 7.11 Å². The molecule has 0 aromatic carbocycles. The van der Waals surface area contributed by atoms with Crippen LogP contribution in [0.3, 0.4) is 0 Å². The number of ether oxygens (including phenoxy) is 1. The second kappa shape index (κ2) is 3.08. The molecule has 8 heavy (non-hydrogen) atoms. The Kier molecular flexibility index (Phi) is 3.06. The molecule has 0 fully saturated rings. The fraction of sp³-hybridized carbons (Fsp3) is 0.857. The van der Waals surface area contributed by atoms with Crippen molar-refractivity contribution in [2.75, 3.05) is 0 Å². The molecule has 1 heteroatoms. The molecule has 0 spiro atoms. The van der Waals surface area contributed by atoms with E-state index < -0.39 is 0 Å². The Balaban J connectivity index is 3.37. The molecule has 0 heterocycles. The van der Waals surface area contributed by atoms with Crippen LogP contribution >= 0.6 is 0 Å². The standard InChI is InChI=1S/C7H13O/c1-5-6-7(2,3)8-4/h5-6H2,1-3H3. The molecule has 0 saturated carbocycles. The fourth-order valence-corrected chi connectivity index (χ4v) is 0.653. The highest BCUT2D eigenvalue weighted by atomic mass is 16.5. The Morgan fingerprint density at radius 1 is 1.50 bits per heavy atom. The minimum Gasteiger partial charge on any atom is -0.359 e. The highest BCUT2D eigenvalue weighted by molar-refractivity contribution is 4.66. The van der Waals surface area contributed by atoms with Crippen molar-refractivity contribution in [2.24, 2.45) is 0 Å². The van der Waals surface area contributed by atoms with E-state index in [1.54, 1.807) is 0 Å². The lowest BCUT2D eigenvalue weighted by atomic mass is 10.0. The van der Waals surface area contributed by atoms with Crippen molar-refractivity contribution in [2.45, 2.75) is 39.2 Å². The lowest BCUT2D eigenvalue weighted by Gasteiger charge is -2.20. The SMILES string of the molecule is [C]OC(C)(C)CCC. The average molecular weight is 113 g/mol. The molecule has 0 rings (SSSR count). The first-order valence-electron chi connectivity index (χ1n) is 2.97. The van der Waals surface area contributed by atoms with Crippen molar-refractivity contribution in [3.8, 4) is 0 Å². The fourth-order valence-electron chi connectivity index (χ4n) is 0.653. The van der Waals surface area contributed by atoms with Gasteiger partial charge in [0.25, 0.3) is 0 Å². The van der Waals surface area contributed by atoms with Crippen LogP contribution in [0.4, 0.5) is 0 Å². The van der Waals surface area contributed by atoms with Crippen LogP contribution in [0.2, 0.25) is 0 Å². The summed E-state index contributed by atoms with van der Waals surface area (Å²) < 4.78 is 4.43. The summed E-state index contributed by atoms with van der Waals surface area (Å²) in [5.41, 5.74) is -0.241. The molecule has 0 aromatic rings. The van der Waals surface area contributed by atoms with Crippen molar-refractivity contribution < 1.29 is 4.74 Å². The maximum atomic E-state index is 6.61. The van der Waals surface area contributed by atoms with E-state index >= 15 is 0 Å². The average Bonchev–Trinajstić information content (AvgIpc) is 1.67. The summed E-state index contributed by atoms with van der Waals surface area (Å²) >= 11 is 0. The third-order valence-corrected chi connectivity index (χ3v) is 1.13. The molecular formula is C7H13O. The van der Waals surface area contributed by atoms with Gasteiger partial charge in [-0.3, -0.25) is 0 Å². The summed E-state index contributed by atoms with van der Waals surface area (Å²) in [6, 6.07) is 0. The van der Waals surface area contributed by atoms with Crippen molar-refractivity contribution >= 4 is 0 Å². The van der Waals surface area contributed by atoms with Gasteiger partial charge in [-0.25, -0.2) is 0 Å². The molecule has 0 unspecified atom stereocenters. The van der Waals surface area contributed by atoms with Crippen molar-refractivity contribution in [3.05, 3.63) is 7.11 Å². The monoisotopic (exact) mass is 113 g/mol. The van der Waals surface area contributed by atoms with Gasteiger partial charge >= 0.3 is 0 Å². The predicted molar refractivity (Wildman–Crippen MR) is 33.3 cm³/mol. The summed E-state index contributed by atoms with van der Waals surface area (Å²) in [7, 11) is 6.61. The van der Waals surface area contributed by atoms with Gasteiger partial charge in [-0.05, 0) is 20.3 Å². The van der Waals surface area contributed by atoms with Gasteiger partial charge in [0.05, 0.1) is 5.60 Å². The van der Waals surface area contributed by atoms with E-state index in [-0.39, 0.29) is 5.60 Å². The molecule has 0 saturated heterocycles. The predicted octanol–water partition coefficient (Wildman–Crippen LogP) is 2.13. The summed E-state index contributed by atoms with van der Waals surface area (Å²) in [5.74, 6) is 0. The summed E-state index contributed by atoms with van der Waals surface area (Å²) in [5, 5.41) is 0. The number of rotatable bonds is 3. The highest BCUT2D eigenvalue weighted by Gasteiger charge is 2.13. The smallest absolute Gasteiger partial charge is 0.174 e. The van der Waals surface area contributed by atoms with Gasteiger partial charge in [0, 0.05) is 0 Å². The van der Waals surface area contributed by atoms with Gasteiger partial charge < -0.3 is 4.74 Å². The van der Waals surface area contributed by atoms with E-state index in [2.05, 4.69) is 11.7 Å². The topological polar surface area (TPSA) is 9.23 Å². The molecule has 1 nitrogen and oxygen atoms in total. The molecule has 0 aliphatic heterocycles. The summed E-state index contributed by atoms with van der Waals surface area (Å²) in [4.78, 5) is 0. The minimum atomic E-state index is -0.241. The quantitative estimate of drug-likeness (QED) is 0.544. The molecule has 0 atom stereocenters. The first-order chi connectivity index (χ1) is 3.62. The van der Waals surface area contributed by atoms with Crippen LogP contribution in [0.15, 0.2) is 0 Å². The molecule has 0 aliphatic carbocycles. The van der Waals surface area contributed by atoms with Gasteiger partial charge in [0.1, 0.15) is 0 Å². The molecule has 3 radical (unpaired) electrons. The van der Waals surface area contributed by atoms with Crippen LogP contribution in [0.5, 0.6) is 0 Å². The van der Waals surface area contributed by atoms with Gasteiger partial charge in [-0.1, -0.05) is 13.3 Å². The van der Waals surface area contributed by atoms with Gasteiger partial charge in [0.2, 0.25) is 0 Å². The van der Waals surface area contributed by atoms with Gasteiger partial charge in [0.15, 0.2) is 7.11 Å². The van der Waals surface area contributed by atoms with Crippen molar-refractivity contribution in [3.63, 3.8) is 0 Å². The van der Waals surface area contributed by atoms with E-state index in [9.17, 15) is 0 Å². The Hall–Kier alpha value is -0.0400. The highest BCUT2D eigenvalue weighted by Crippen LogP contribution is 2.14. The number of hydrogen-bond donors (Lipinski definition) is 0. The molecule has 0 bridgehead atoms. The van der Waals surface area contributed by atoms with E-state index in [0.717, 1.165) is 12.8 Å². The van der Waals surface area contributed by atoms with Gasteiger partial charge in [-0.2, -0.15) is 0 Å². The third kappa shape index (κ3) is 3.03. The summed E-state index contributed by atoms with van der Waals surface area (Å²) in [6.07, 6.45) is 2.03. The van der Waals surface area contributed by atoms with Crippen molar-refractivity contribution in [1.29, 1.82) is 0 Å². The van der Waals surface area contributed by atoms with E-state index in [1.807, 2.05) is 13.8 Å². The molecule has 47 valence electrons. The zero-order valence-electron chi connectivity index (χ0n) is 5.82. The maximum absolute atomic E-state index is 6.61. The zero-order valence-corrected chi connectivity index (χ0v) is 5.82. The number of hydrogen-bond acceptors (Lipinski definition) is 1. The van der Waals surface area contributed by atoms with E-state index in [0.29, 0.717) is 0 Å². The second-order valence-corrected chi connectivity index (χ2v) is 2.61. The molecule has 0 amide bonds. The molecule has 0 N–H and O–H groups in total. The molecular weight excluding hydrogens is 100 g/mol. The lowest BCUT2D eigenvalue weighted by molar-refractivity contribution is 0.0435. The Labute approximate surface area is 52.0 Å². The normalized spacial score (nSPS) is 12.0. The van der Waals surface area contributed by atoms with Gasteiger partial charge in [-0.15, -0.1) is 0 Å². The third-order valence-electron chi connectivity index (χ3n) is 1.13. The lowest BCUT2D eigenvalue weighted by Crippen LogP contribution is -2.20. The first kappa shape index (κ1) is 7.96. The Morgan fingerprint density at radius 3 is 2.12 bits per heavy atom. The zero-order chi connectivity index (χ0) is 6.62. The Morgan fingerprint density at radius 2 is 2.00 bits per heavy atom. The van der Waals surface area contributed by atoms with E-state index in [4.69, 9.17) is 7.11 Å². The largest absolute Gasteiger partial charge is 0.359 e. The Bertz CT molecular complexity index is 57.4. The van der Waals surface area contributed by atoms with Crippen LogP contribution in [0.1, 0.15) is 33.6 Å². The van der Waals surface area contributed by atoms with E-state index in [1.165, 1.54) is 0 Å². The van der Waals surface area contributed by atoms with Crippen LogP contribution in [0.25, 0.3) is 0 Å². The van der Waals surface area contributed by atoms with Crippen molar-refractivity contribution in [1.82, 2.24) is 0 Å². The first-order valence-corrected chi connectivity index (χ1v) is 2.97. The van der Waals surface area contributed by atoms with Crippen LogP contribution < -0.4 is 0 Å². The molecule has 0 aromatic heterocycles. The molecule has 0 aliphatic rings. The van der Waals surface area contributed by atoms with Crippen LogP contribution in [-0.2, 0) is 4.74 Å². The minimum absolute atomic E-state index is 0.241. The summed E-state index contributed by atoms with van der Waals surface area (Å²) in [6.45, 7) is 5.92. The maximum Gasteiger partial charge on any atom is 0.174 e.